The van der Waals surface area contributed by atoms with E-state index in [4.69, 9.17) is 4.74 Å². The summed E-state index contributed by atoms with van der Waals surface area (Å²) >= 11 is 0. The molecule has 0 unspecified atom stereocenters. The predicted molar refractivity (Wildman–Crippen MR) is 82.6 cm³/mol. The highest BCUT2D eigenvalue weighted by Crippen LogP contribution is 2.23. The first-order valence-corrected chi connectivity index (χ1v) is 6.69. The molecule has 0 radical (unpaired) electrons. The Labute approximate surface area is 124 Å². The SMILES string of the molecule is COc1c(CNc2cccc(NC(C)=O)c2)c(C)nn1C. The summed E-state index contributed by atoms with van der Waals surface area (Å²) in [5.41, 5.74) is 3.64. The number of hydrogen-bond acceptors (Lipinski definition) is 4. The van der Waals surface area contributed by atoms with Gasteiger partial charge in [-0.05, 0) is 25.1 Å². The molecule has 1 aromatic carbocycles. The Morgan fingerprint density at radius 1 is 1.38 bits per heavy atom. The number of amides is 1. The first-order chi connectivity index (χ1) is 10.0. The molecular weight excluding hydrogens is 268 g/mol. The van der Waals surface area contributed by atoms with Crippen LogP contribution < -0.4 is 15.4 Å². The molecule has 2 N–H and O–H groups in total. The molecule has 0 aliphatic rings. The van der Waals surface area contributed by atoms with E-state index in [1.807, 2.05) is 38.2 Å². The van der Waals surface area contributed by atoms with Gasteiger partial charge in [-0.1, -0.05) is 6.07 Å². The number of nitrogens with one attached hydrogen (secondary N) is 2. The second-order valence-electron chi connectivity index (χ2n) is 4.81. The van der Waals surface area contributed by atoms with Gasteiger partial charge in [0.15, 0.2) is 0 Å². The van der Waals surface area contributed by atoms with Crippen molar-refractivity contribution in [3.8, 4) is 5.88 Å². The van der Waals surface area contributed by atoms with Gasteiger partial charge in [-0.3, -0.25) is 4.79 Å². The summed E-state index contributed by atoms with van der Waals surface area (Å²) < 4.78 is 7.09. The van der Waals surface area contributed by atoms with Crippen molar-refractivity contribution >= 4 is 17.3 Å². The van der Waals surface area contributed by atoms with Crippen LogP contribution in [0, 0.1) is 6.92 Å². The number of anilines is 2. The average molecular weight is 288 g/mol. The fraction of sp³-hybridized carbons (Fsp3) is 0.333. The van der Waals surface area contributed by atoms with Crippen molar-refractivity contribution in [3.05, 3.63) is 35.5 Å². The Morgan fingerprint density at radius 3 is 2.76 bits per heavy atom. The average Bonchev–Trinajstić information content (AvgIpc) is 2.69. The molecule has 0 spiro atoms. The van der Waals surface area contributed by atoms with Crippen molar-refractivity contribution in [2.75, 3.05) is 17.7 Å². The molecule has 2 rings (SSSR count). The lowest BCUT2D eigenvalue weighted by molar-refractivity contribution is -0.114. The molecule has 0 aliphatic heterocycles. The number of aryl methyl sites for hydroxylation is 2. The van der Waals surface area contributed by atoms with Gasteiger partial charge < -0.3 is 15.4 Å². The Kier molecular flexibility index (Phi) is 4.47. The van der Waals surface area contributed by atoms with Gasteiger partial charge in [0, 0.05) is 31.9 Å². The number of carbonyl (C=O) groups is 1. The Balaban J connectivity index is 2.11. The van der Waals surface area contributed by atoms with E-state index in [2.05, 4.69) is 15.7 Å². The van der Waals surface area contributed by atoms with E-state index in [1.165, 1.54) is 6.92 Å². The van der Waals surface area contributed by atoms with Crippen LogP contribution in [-0.4, -0.2) is 22.8 Å². The Morgan fingerprint density at radius 2 is 2.10 bits per heavy atom. The van der Waals surface area contributed by atoms with Crippen LogP contribution in [0.1, 0.15) is 18.2 Å². The van der Waals surface area contributed by atoms with Crippen LogP contribution in [0.25, 0.3) is 0 Å². The molecule has 0 bridgehead atoms. The summed E-state index contributed by atoms with van der Waals surface area (Å²) in [5.74, 6) is 0.662. The zero-order valence-corrected chi connectivity index (χ0v) is 12.7. The third kappa shape index (κ3) is 3.53. The van der Waals surface area contributed by atoms with Crippen molar-refractivity contribution in [3.63, 3.8) is 0 Å². The number of benzene rings is 1. The monoisotopic (exact) mass is 288 g/mol. The second kappa shape index (κ2) is 6.30. The molecule has 112 valence electrons. The highest BCUT2D eigenvalue weighted by atomic mass is 16.5. The minimum absolute atomic E-state index is 0.0862. The Bertz CT molecular complexity index is 649. The maximum absolute atomic E-state index is 11.1. The number of rotatable bonds is 5. The number of ether oxygens (including phenoxy) is 1. The Hall–Kier alpha value is -2.50. The van der Waals surface area contributed by atoms with Crippen LogP contribution in [0.2, 0.25) is 0 Å². The number of nitrogens with zero attached hydrogens (tertiary/aromatic N) is 2. The topological polar surface area (TPSA) is 68.2 Å². The van der Waals surface area contributed by atoms with E-state index < -0.39 is 0 Å². The quantitative estimate of drug-likeness (QED) is 0.886. The van der Waals surface area contributed by atoms with E-state index in [0.717, 1.165) is 28.5 Å². The van der Waals surface area contributed by atoms with Crippen LogP contribution in [0.3, 0.4) is 0 Å². The second-order valence-corrected chi connectivity index (χ2v) is 4.81. The molecule has 1 aromatic heterocycles. The van der Waals surface area contributed by atoms with Crippen molar-refractivity contribution in [2.45, 2.75) is 20.4 Å². The van der Waals surface area contributed by atoms with Crippen LogP contribution in [0.5, 0.6) is 5.88 Å². The van der Waals surface area contributed by atoms with Gasteiger partial charge in [-0.2, -0.15) is 5.10 Å². The minimum Gasteiger partial charge on any atom is -0.481 e. The van der Waals surface area contributed by atoms with Gasteiger partial charge in [-0.15, -0.1) is 0 Å². The molecule has 0 saturated carbocycles. The lowest BCUT2D eigenvalue weighted by atomic mass is 10.2. The molecule has 0 saturated heterocycles. The summed E-state index contributed by atoms with van der Waals surface area (Å²) in [6.45, 7) is 4.05. The van der Waals surface area contributed by atoms with Crippen molar-refractivity contribution in [2.24, 2.45) is 7.05 Å². The number of methoxy groups -OCH3 is 1. The summed E-state index contributed by atoms with van der Waals surface area (Å²) in [6.07, 6.45) is 0. The highest BCUT2D eigenvalue weighted by molar-refractivity contribution is 5.89. The van der Waals surface area contributed by atoms with Crippen molar-refractivity contribution in [1.82, 2.24) is 9.78 Å². The lowest BCUT2D eigenvalue weighted by Gasteiger charge is -2.10. The fourth-order valence-corrected chi connectivity index (χ4v) is 2.24. The van der Waals surface area contributed by atoms with Gasteiger partial charge in [-0.25, -0.2) is 4.68 Å². The highest BCUT2D eigenvalue weighted by Gasteiger charge is 2.13. The van der Waals surface area contributed by atoms with Crippen molar-refractivity contribution in [1.29, 1.82) is 0 Å². The normalized spacial score (nSPS) is 10.3. The van der Waals surface area contributed by atoms with Crippen LogP contribution >= 0.6 is 0 Å². The van der Waals surface area contributed by atoms with Gasteiger partial charge in [0.1, 0.15) is 0 Å². The van der Waals surface area contributed by atoms with E-state index in [1.54, 1.807) is 11.8 Å². The van der Waals surface area contributed by atoms with E-state index in [9.17, 15) is 4.79 Å². The van der Waals surface area contributed by atoms with Crippen LogP contribution in [0.15, 0.2) is 24.3 Å². The molecule has 1 heterocycles. The standard InChI is InChI=1S/C15H20N4O2/c1-10-14(15(21-4)19(3)18-10)9-16-12-6-5-7-13(8-12)17-11(2)20/h5-8,16H,9H2,1-4H3,(H,17,20). The summed E-state index contributed by atoms with van der Waals surface area (Å²) in [5, 5.41) is 10.4. The molecule has 0 aliphatic carbocycles. The molecule has 6 nitrogen and oxygen atoms in total. The zero-order valence-electron chi connectivity index (χ0n) is 12.7. The summed E-state index contributed by atoms with van der Waals surface area (Å²) in [6, 6.07) is 7.58. The van der Waals surface area contributed by atoms with E-state index >= 15 is 0 Å². The van der Waals surface area contributed by atoms with Crippen LogP contribution in [-0.2, 0) is 18.4 Å². The first-order valence-electron chi connectivity index (χ1n) is 6.69. The molecular formula is C15H20N4O2. The van der Waals surface area contributed by atoms with Crippen molar-refractivity contribution < 1.29 is 9.53 Å². The maximum atomic E-state index is 11.1. The number of carbonyl (C=O) groups excluding carboxylic acids is 1. The molecule has 0 fully saturated rings. The molecule has 21 heavy (non-hydrogen) atoms. The minimum atomic E-state index is -0.0862. The van der Waals surface area contributed by atoms with Gasteiger partial charge in [0.05, 0.1) is 18.4 Å². The summed E-state index contributed by atoms with van der Waals surface area (Å²) in [4.78, 5) is 11.1. The van der Waals surface area contributed by atoms with Gasteiger partial charge in [0.25, 0.3) is 0 Å². The zero-order chi connectivity index (χ0) is 15.4. The fourth-order valence-electron chi connectivity index (χ4n) is 2.24. The maximum Gasteiger partial charge on any atom is 0.221 e. The largest absolute Gasteiger partial charge is 0.481 e. The van der Waals surface area contributed by atoms with E-state index in [0.29, 0.717) is 6.54 Å². The number of aromatic nitrogens is 2. The van der Waals surface area contributed by atoms with E-state index in [-0.39, 0.29) is 5.91 Å². The molecule has 1 amide bonds. The lowest BCUT2D eigenvalue weighted by Crippen LogP contribution is -2.07. The molecule has 6 heteroatoms. The first kappa shape index (κ1) is 14.9. The third-order valence-electron chi connectivity index (χ3n) is 3.13. The molecule has 2 aromatic rings. The summed E-state index contributed by atoms with van der Waals surface area (Å²) in [7, 11) is 3.49. The smallest absolute Gasteiger partial charge is 0.221 e. The van der Waals surface area contributed by atoms with Gasteiger partial charge >= 0.3 is 0 Å². The van der Waals surface area contributed by atoms with Crippen LogP contribution in [0.4, 0.5) is 11.4 Å². The predicted octanol–water partition coefficient (Wildman–Crippen LogP) is 2.31. The molecule has 0 atom stereocenters. The third-order valence-corrected chi connectivity index (χ3v) is 3.13. The number of hydrogen-bond donors (Lipinski definition) is 2. The van der Waals surface area contributed by atoms with Gasteiger partial charge in [0.2, 0.25) is 11.8 Å².